The molecule has 0 aliphatic heterocycles. The van der Waals surface area contributed by atoms with Crippen LogP contribution >= 0.6 is 0 Å². The van der Waals surface area contributed by atoms with Gasteiger partial charge in [0.15, 0.2) is 5.82 Å². The number of carboxylic acids is 1. The van der Waals surface area contributed by atoms with Crippen LogP contribution in [0.15, 0.2) is 60.7 Å². The zero-order valence-corrected chi connectivity index (χ0v) is 12.5. The molecule has 0 aliphatic rings. The summed E-state index contributed by atoms with van der Waals surface area (Å²) in [4.78, 5) is 20.3. The smallest absolute Gasteiger partial charge is 0.341 e. The molecule has 0 atom stereocenters. The zero-order chi connectivity index (χ0) is 16.2. The van der Waals surface area contributed by atoms with Crippen LogP contribution in [0, 0.1) is 6.92 Å². The van der Waals surface area contributed by atoms with Crippen LogP contribution in [-0.2, 0) is 0 Å². The van der Waals surface area contributed by atoms with Crippen molar-refractivity contribution in [1.82, 2.24) is 9.97 Å². The quantitative estimate of drug-likeness (QED) is 0.764. The van der Waals surface area contributed by atoms with Crippen LogP contribution in [0.3, 0.4) is 0 Å². The number of nitrogens with one attached hydrogen (secondary N) is 1. The van der Waals surface area contributed by atoms with Crippen LogP contribution in [0.2, 0.25) is 0 Å². The van der Waals surface area contributed by atoms with Gasteiger partial charge < -0.3 is 10.4 Å². The lowest BCUT2D eigenvalue weighted by atomic mass is 10.1. The van der Waals surface area contributed by atoms with Crippen LogP contribution in [0.1, 0.15) is 16.1 Å². The number of aromatic carboxylic acids is 1. The number of aromatic nitrogens is 2. The molecule has 5 nitrogen and oxygen atoms in total. The summed E-state index contributed by atoms with van der Waals surface area (Å²) in [5.41, 5.74) is 2.11. The van der Waals surface area contributed by atoms with Gasteiger partial charge in [0.05, 0.1) is 5.69 Å². The second-order valence-electron chi connectivity index (χ2n) is 5.02. The maximum absolute atomic E-state index is 11.6. The van der Waals surface area contributed by atoms with Crippen molar-refractivity contribution in [3.8, 4) is 11.4 Å². The lowest BCUT2D eigenvalue weighted by Crippen LogP contribution is -2.10. The van der Waals surface area contributed by atoms with E-state index in [1.807, 2.05) is 60.7 Å². The van der Waals surface area contributed by atoms with Gasteiger partial charge in [0.25, 0.3) is 0 Å². The van der Waals surface area contributed by atoms with Gasteiger partial charge in [-0.05, 0) is 19.1 Å². The number of aryl methyl sites for hydroxylation is 1. The summed E-state index contributed by atoms with van der Waals surface area (Å²) in [6.45, 7) is 1.67. The Bertz CT molecular complexity index is 834. The van der Waals surface area contributed by atoms with Crippen LogP contribution in [0.25, 0.3) is 11.4 Å². The van der Waals surface area contributed by atoms with Crippen molar-refractivity contribution >= 4 is 17.5 Å². The number of anilines is 2. The highest BCUT2D eigenvalue weighted by molar-refractivity contribution is 5.95. The molecule has 23 heavy (non-hydrogen) atoms. The van der Waals surface area contributed by atoms with E-state index in [-0.39, 0.29) is 11.4 Å². The summed E-state index contributed by atoms with van der Waals surface area (Å²) in [6, 6.07) is 18.8. The summed E-state index contributed by atoms with van der Waals surface area (Å²) in [6.07, 6.45) is 0. The predicted octanol–water partition coefficient (Wildman–Crippen LogP) is 3.89. The van der Waals surface area contributed by atoms with Crippen molar-refractivity contribution in [3.05, 3.63) is 71.9 Å². The minimum absolute atomic E-state index is 0.0773. The Hall–Kier alpha value is -3.21. The predicted molar refractivity (Wildman–Crippen MR) is 88.9 cm³/mol. The molecule has 0 fully saturated rings. The molecule has 3 aromatic rings. The lowest BCUT2D eigenvalue weighted by molar-refractivity contribution is 0.0696. The molecule has 0 radical (unpaired) electrons. The molecule has 0 spiro atoms. The van der Waals surface area contributed by atoms with E-state index in [9.17, 15) is 9.90 Å². The van der Waals surface area contributed by atoms with Gasteiger partial charge in [0, 0.05) is 11.3 Å². The molecule has 2 aromatic carbocycles. The number of hydrogen-bond acceptors (Lipinski definition) is 4. The van der Waals surface area contributed by atoms with E-state index < -0.39 is 5.97 Å². The molecule has 5 heteroatoms. The van der Waals surface area contributed by atoms with Gasteiger partial charge >= 0.3 is 5.97 Å². The molecule has 1 heterocycles. The summed E-state index contributed by atoms with van der Waals surface area (Å²) < 4.78 is 0. The molecule has 0 saturated heterocycles. The van der Waals surface area contributed by atoms with E-state index in [1.54, 1.807) is 6.92 Å². The largest absolute Gasteiger partial charge is 0.477 e. The van der Waals surface area contributed by atoms with E-state index in [0.717, 1.165) is 11.3 Å². The molecule has 2 N–H and O–H groups in total. The SMILES string of the molecule is Cc1nc(-c2ccccc2)nc(Nc2ccccc2)c1C(=O)O. The van der Waals surface area contributed by atoms with Gasteiger partial charge in [0.2, 0.25) is 0 Å². The molecular weight excluding hydrogens is 290 g/mol. The van der Waals surface area contributed by atoms with Gasteiger partial charge in [-0.15, -0.1) is 0 Å². The summed E-state index contributed by atoms with van der Waals surface area (Å²) in [5.74, 6) is -0.276. The highest BCUT2D eigenvalue weighted by atomic mass is 16.4. The van der Waals surface area contributed by atoms with Crippen molar-refractivity contribution in [3.63, 3.8) is 0 Å². The summed E-state index contributed by atoms with van der Waals surface area (Å²) >= 11 is 0. The number of para-hydroxylation sites is 1. The monoisotopic (exact) mass is 305 g/mol. The molecule has 0 bridgehead atoms. The fraction of sp³-hybridized carbons (Fsp3) is 0.0556. The van der Waals surface area contributed by atoms with Crippen molar-refractivity contribution in [1.29, 1.82) is 0 Å². The number of hydrogen-bond donors (Lipinski definition) is 2. The molecule has 1 aromatic heterocycles. The molecule has 3 rings (SSSR count). The van der Waals surface area contributed by atoms with Crippen LogP contribution < -0.4 is 5.32 Å². The van der Waals surface area contributed by atoms with Gasteiger partial charge in [-0.1, -0.05) is 48.5 Å². The third-order valence-electron chi connectivity index (χ3n) is 3.37. The summed E-state index contributed by atoms with van der Waals surface area (Å²) in [5, 5.41) is 12.5. The Morgan fingerprint density at radius 3 is 2.17 bits per heavy atom. The maximum Gasteiger partial charge on any atom is 0.341 e. The Balaban J connectivity index is 2.11. The fourth-order valence-electron chi connectivity index (χ4n) is 2.29. The van der Waals surface area contributed by atoms with Gasteiger partial charge in [-0.25, -0.2) is 14.8 Å². The van der Waals surface area contributed by atoms with Gasteiger partial charge in [-0.3, -0.25) is 0 Å². The van der Waals surface area contributed by atoms with Gasteiger partial charge in [-0.2, -0.15) is 0 Å². The number of carbonyl (C=O) groups is 1. The van der Waals surface area contributed by atoms with E-state index in [1.165, 1.54) is 0 Å². The number of carboxylic acid groups (broad SMARTS) is 1. The second-order valence-corrected chi connectivity index (χ2v) is 5.02. The third kappa shape index (κ3) is 3.18. The first-order valence-electron chi connectivity index (χ1n) is 7.14. The average molecular weight is 305 g/mol. The van der Waals surface area contributed by atoms with E-state index >= 15 is 0 Å². The first kappa shape index (κ1) is 14.7. The molecule has 114 valence electrons. The zero-order valence-electron chi connectivity index (χ0n) is 12.5. The first-order chi connectivity index (χ1) is 11.1. The Morgan fingerprint density at radius 1 is 0.957 bits per heavy atom. The number of nitrogens with zero attached hydrogens (tertiary/aromatic N) is 2. The first-order valence-corrected chi connectivity index (χ1v) is 7.14. The highest BCUT2D eigenvalue weighted by Gasteiger charge is 2.18. The number of benzene rings is 2. The number of rotatable bonds is 4. The molecule has 0 saturated carbocycles. The molecular formula is C18H15N3O2. The Kier molecular flexibility index (Phi) is 4.01. The Labute approximate surface area is 133 Å². The van der Waals surface area contributed by atoms with E-state index in [0.29, 0.717) is 11.5 Å². The molecule has 0 amide bonds. The van der Waals surface area contributed by atoms with Crippen LogP contribution in [-0.4, -0.2) is 21.0 Å². The minimum Gasteiger partial charge on any atom is -0.477 e. The van der Waals surface area contributed by atoms with E-state index in [2.05, 4.69) is 15.3 Å². The lowest BCUT2D eigenvalue weighted by Gasteiger charge is -2.12. The van der Waals surface area contributed by atoms with Crippen molar-refractivity contribution in [2.75, 3.05) is 5.32 Å². The van der Waals surface area contributed by atoms with E-state index in [4.69, 9.17) is 0 Å². The molecule has 0 aliphatic carbocycles. The third-order valence-corrected chi connectivity index (χ3v) is 3.37. The van der Waals surface area contributed by atoms with Gasteiger partial charge in [0.1, 0.15) is 11.4 Å². The van der Waals surface area contributed by atoms with Crippen LogP contribution in [0.5, 0.6) is 0 Å². The minimum atomic E-state index is -1.06. The normalized spacial score (nSPS) is 10.3. The standard InChI is InChI=1S/C18H15N3O2/c1-12-15(18(22)23)17(20-14-10-6-3-7-11-14)21-16(19-12)13-8-4-2-5-9-13/h2-11H,1H3,(H,22,23)(H,19,20,21). The average Bonchev–Trinajstić information content (AvgIpc) is 2.56. The van der Waals surface area contributed by atoms with Crippen LogP contribution in [0.4, 0.5) is 11.5 Å². The topological polar surface area (TPSA) is 75.1 Å². The second kappa shape index (κ2) is 6.27. The van der Waals surface area contributed by atoms with Crippen molar-refractivity contribution in [2.24, 2.45) is 0 Å². The molecule has 0 unspecified atom stereocenters. The highest BCUT2D eigenvalue weighted by Crippen LogP contribution is 2.25. The fourth-order valence-corrected chi connectivity index (χ4v) is 2.29. The van der Waals surface area contributed by atoms with Crippen molar-refractivity contribution in [2.45, 2.75) is 6.92 Å². The maximum atomic E-state index is 11.6. The van der Waals surface area contributed by atoms with Crippen molar-refractivity contribution < 1.29 is 9.90 Å². The summed E-state index contributed by atoms with van der Waals surface area (Å²) in [7, 11) is 0. The Morgan fingerprint density at radius 2 is 1.57 bits per heavy atom.